The van der Waals surface area contributed by atoms with Crippen molar-refractivity contribution in [2.45, 2.75) is 32.1 Å². The number of amides is 1. The fourth-order valence-electron chi connectivity index (χ4n) is 3.88. The molecule has 0 spiro atoms. The van der Waals surface area contributed by atoms with Crippen LogP contribution < -0.4 is 16.0 Å². The van der Waals surface area contributed by atoms with Gasteiger partial charge in [0.1, 0.15) is 6.17 Å². The topological polar surface area (TPSA) is 105 Å². The molecule has 0 saturated carbocycles. The summed E-state index contributed by atoms with van der Waals surface area (Å²) in [5, 5.41) is 2.92. The molecule has 1 unspecified atom stereocenters. The SMILES string of the molecule is Cc1cc2c(cc1NC(=O)/C=C\CN(C)C)nc(N1CCCC(F)C1)n2C.Nc1ncc(C(F)(F)F)cn1. The molecule has 1 aliphatic rings. The molecule has 206 valence electrons. The van der Waals surface area contributed by atoms with E-state index in [0.29, 0.717) is 31.9 Å². The van der Waals surface area contributed by atoms with Crippen LogP contribution in [0.15, 0.2) is 36.7 Å². The molecule has 3 aromatic rings. The first-order chi connectivity index (χ1) is 17.8. The number of halogens is 4. The number of nitrogen functional groups attached to an aromatic ring is 1. The highest BCUT2D eigenvalue weighted by Gasteiger charge is 2.31. The molecule has 0 aliphatic carbocycles. The monoisotopic (exact) mass is 536 g/mol. The summed E-state index contributed by atoms with van der Waals surface area (Å²) in [7, 11) is 5.85. The van der Waals surface area contributed by atoms with E-state index >= 15 is 0 Å². The summed E-state index contributed by atoms with van der Waals surface area (Å²) in [6.45, 7) is 3.87. The Labute approximate surface area is 218 Å². The standard InChI is InChI=1S/C20H28FN5O.C5H4F3N3/c1-14-11-18-17(12-16(14)22-19(27)8-6-9-24(2)3)23-20(25(18)4)26-10-5-7-15(21)13-26;6-5(7,8)3-1-10-4(9)11-2-3/h6,8,11-12,15H,5,7,9-10,13H2,1-4H3,(H,22,27);1-2H,(H2,9,10,11)/b8-6-;. The minimum atomic E-state index is -4.40. The second-order valence-electron chi connectivity index (χ2n) is 9.29. The Hall–Kier alpha value is -3.74. The Morgan fingerprint density at radius 2 is 1.95 bits per heavy atom. The van der Waals surface area contributed by atoms with Crippen LogP contribution in [0.25, 0.3) is 11.0 Å². The van der Waals surface area contributed by atoms with E-state index < -0.39 is 17.9 Å². The molecule has 1 fully saturated rings. The Balaban J connectivity index is 0.000000304. The van der Waals surface area contributed by atoms with E-state index in [4.69, 9.17) is 10.7 Å². The van der Waals surface area contributed by atoms with Gasteiger partial charge in [0.2, 0.25) is 17.8 Å². The molecule has 1 saturated heterocycles. The van der Waals surface area contributed by atoms with E-state index in [0.717, 1.165) is 41.2 Å². The zero-order chi connectivity index (χ0) is 28.0. The van der Waals surface area contributed by atoms with Crippen LogP contribution in [0.1, 0.15) is 24.0 Å². The molecular formula is C25H32F4N8O. The number of rotatable bonds is 5. The number of hydrogen-bond donors (Lipinski definition) is 2. The van der Waals surface area contributed by atoms with Gasteiger partial charge < -0.3 is 25.4 Å². The van der Waals surface area contributed by atoms with Crippen LogP contribution in [0, 0.1) is 6.92 Å². The molecule has 4 rings (SSSR count). The Morgan fingerprint density at radius 1 is 1.26 bits per heavy atom. The minimum Gasteiger partial charge on any atom is -0.368 e. The highest BCUT2D eigenvalue weighted by Crippen LogP contribution is 2.29. The molecule has 3 heterocycles. The van der Waals surface area contributed by atoms with Crippen molar-refractivity contribution in [3.8, 4) is 0 Å². The van der Waals surface area contributed by atoms with Crippen molar-refractivity contribution in [2.75, 3.05) is 49.7 Å². The Morgan fingerprint density at radius 3 is 2.55 bits per heavy atom. The van der Waals surface area contributed by atoms with Gasteiger partial charge in [-0.3, -0.25) is 4.79 Å². The number of aryl methyl sites for hydroxylation is 2. The lowest BCUT2D eigenvalue weighted by atomic mass is 10.1. The molecule has 13 heteroatoms. The summed E-state index contributed by atoms with van der Waals surface area (Å²) in [5.74, 6) is 0.450. The largest absolute Gasteiger partial charge is 0.419 e. The number of nitrogens with two attached hydrogens (primary N) is 1. The van der Waals surface area contributed by atoms with Gasteiger partial charge in [0.25, 0.3) is 0 Å². The predicted octanol–water partition coefficient (Wildman–Crippen LogP) is 3.95. The van der Waals surface area contributed by atoms with E-state index in [1.54, 1.807) is 6.08 Å². The third-order valence-corrected chi connectivity index (χ3v) is 5.85. The van der Waals surface area contributed by atoms with Gasteiger partial charge in [-0.05, 0) is 51.6 Å². The van der Waals surface area contributed by atoms with Gasteiger partial charge >= 0.3 is 6.18 Å². The lowest BCUT2D eigenvalue weighted by Crippen LogP contribution is -2.37. The maximum atomic E-state index is 13.8. The van der Waals surface area contributed by atoms with E-state index in [-0.39, 0.29) is 11.9 Å². The van der Waals surface area contributed by atoms with Gasteiger partial charge in [0.15, 0.2) is 0 Å². The lowest BCUT2D eigenvalue weighted by Gasteiger charge is -2.29. The van der Waals surface area contributed by atoms with Crippen molar-refractivity contribution in [1.82, 2.24) is 24.4 Å². The number of carbonyl (C=O) groups excluding carboxylic acids is 1. The van der Waals surface area contributed by atoms with Crippen LogP contribution in [-0.2, 0) is 18.0 Å². The number of nitrogens with zero attached hydrogens (tertiary/aromatic N) is 6. The first kappa shape index (κ1) is 28.8. The molecule has 0 radical (unpaired) electrons. The minimum absolute atomic E-state index is 0.160. The highest BCUT2D eigenvalue weighted by atomic mass is 19.4. The van der Waals surface area contributed by atoms with Gasteiger partial charge in [-0.15, -0.1) is 0 Å². The smallest absolute Gasteiger partial charge is 0.368 e. The normalized spacial score (nSPS) is 16.1. The third-order valence-electron chi connectivity index (χ3n) is 5.85. The van der Waals surface area contributed by atoms with Gasteiger partial charge in [-0.25, -0.2) is 19.3 Å². The first-order valence-electron chi connectivity index (χ1n) is 12.0. The van der Waals surface area contributed by atoms with Crippen LogP contribution in [-0.4, -0.2) is 70.2 Å². The number of aromatic nitrogens is 4. The number of carbonyl (C=O) groups is 1. The summed E-state index contributed by atoms with van der Waals surface area (Å²) in [6.07, 6.45) is 0.914. The number of nitrogens with one attached hydrogen (secondary N) is 1. The fraction of sp³-hybridized carbons (Fsp3) is 0.440. The molecule has 2 aromatic heterocycles. The number of hydrogen-bond acceptors (Lipinski definition) is 7. The highest BCUT2D eigenvalue weighted by molar-refractivity contribution is 6.01. The van der Waals surface area contributed by atoms with Crippen LogP contribution in [0.2, 0.25) is 0 Å². The van der Waals surface area contributed by atoms with Crippen LogP contribution in [0.3, 0.4) is 0 Å². The second-order valence-corrected chi connectivity index (χ2v) is 9.29. The first-order valence-corrected chi connectivity index (χ1v) is 12.0. The Bertz CT molecular complexity index is 1270. The summed E-state index contributed by atoms with van der Waals surface area (Å²) in [6, 6.07) is 3.91. The predicted molar refractivity (Wildman–Crippen MR) is 140 cm³/mol. The van der Waals surface area contributed by atoms with Crippen LogP contribution in [0.4, 0.5) is 35.1 Å². The Kier molecular flexibility index (Phi) is 9.26. The number of anilines is 3. The maximum Gasteiger partial charge on any atom is 0.419 e. The molecule has 1 atom stereocenters. The number of alkyl halides is 4. The molecular weight excluding hydrogens is 504 g/mol. The summed E-state index contributed by atoms with van der Waals surface area (Å²) in [5.41, 5.74) is 7.57. The molecule has 1 aromatic carbocycles. The van der Waals surface area contributed by atoms with Crippen LogP contribution >= 0.6 is 0 Å². The number of imidazole rings is 1. The maximum absolute atomic E-state index is 13.8. The van der Waals surface area contributed by atoms with E-state index in [2.05, 4.69) is 15.3 Å². The number of fused-ring (bicyclic) bond motifs is 1. The fourth-order valence-corrected chi connectivity index (χ4v) is 3.88. The average Bonchev–Trinajstić information content (AvgIpc) is 3.14. The van der Waals surface area contributed by atoms with E-state index in [9.17, 15) is 22.4 Å². The molecule has 3 N–H and O–H groups in total. The molecule has 9 nitrogen and oxygen atoms in total. The number of likely N-dealkylation sites (N-methyl/N-ethyl adjacent to an activating group) is 1. The van der Waals surface area contributed by atoms with Crippen molar-refractivity contribution < 1.29 is 22.4 Å². The lowest BCUT2D eigenvalue weighted by molar-refractivity contribution is -0.138. The van der Waals surface area contributed by atoms with Gasteiger partial charge in [0.05, 0.1) is 23.1 Å². The summed E-state index contributed by atoms with van der Waals surface area (Å²) in [4.78, 5) is 27.2. The van der Waals surface area contributed by atoms with Crippen molar-refractivity contribution in [1.29, 1.82) is 0 Å². The van der Waals surface area contributed by atoms with Crippen molar-refractivity contribution in [3.05, 3.63) is 47.8 Å². The van der Waals surface area contributed by atoms with Crippen molar-refractivity contribution in [3.63, 3.8) is 0 Å². The number of piperidine rings is 1. The van der Waals surface area contributed by atoms with Crippen molar-refractivity contribution in [2.24, 2.45) is 7.05 Å². The van der Waals surface area contributed by atoms with Crippen LogP contribution in [0.5, 0.6) is 0 Å². The van der Waals surface area contributed by atoms with E-state index in [1.807, 2.05) is 60.6 Å². The molecule has 0 bridgehead atoms. The molecule has 1 amide bonds. The summed E-state index contributed by atoms with van der Waals surface area (Å²) >= 11 is 0. The third kappa shape index (κ3) is 7.63. The quantitative estimate of drug-likeness (QED) is 0.376. The second kappa shape index (κ2) is 12.2. The zero-order valence-corrected chi connectivity index (χ0v) is 21.8. The van der Waals surface area contributed by atoms with Gasteiger partial charge in [-0.1, -0.05) is 6.08 Å². The van der Waals surface area contributed by atoms with Gasteiger partial charge in [0, 0.05) is 44.3 Å². The van der Waals surface area contributed by atoms with Crippen molar-refractivity contribution >= 4 is 34.5 Å². The number of benzene rings is 1. The molecule has 1 aliphatic heterocycles. The summed E-state index contributed by atoms with van der Waals surface area (Å²) < 4.78 is 51.2. The molecule has 38 heavy (non-hydrogen) atoms. The average molecular weight is 537 g/mol. The van der Waals surface area contributed by atoms with E-state index in [1.165, 1.54) is 0 Å². The van der Waals surface area contributed by atoms with Gasteiger partial charge in [-0.2, -0.15) is 13.2 Å². The zero-order valence-electron chi connectivity index (χ0n) is 21.8.